The average molecular weight is 250 g/mol. The summed E-state index contributed by atoms with van der Waals surface area (Å²) in [6.07, 6.45) is 0.799. The maximum Gasteiger partial charge on any atom is 0.146 e. The highest BCUT2D eigenvalue weighted by atomic mass is 18.2. The Bertz CT molecular complexity index is 412. The second-order valence-electron chi connectivity index (χ2n) is 4.87. The second kappa shape index (κ2) is 5.48. The average Bonchev–Trinajstić information content (AvgIpc) is 2.29. The number of nitrogens with two attached hydrogens (primary N) is 1. The highest BCUT2D eigenvalue weighted by molar-refractivity contribution is 5.81. The fourth-order valence-corrected chi connectivity index (χ4v) is 1.89. The predicted octanol–water partition coefficient (Wildman–Crippen LogP) is 2.02. The molecule has 1 fully saturated rings. The number of hydrogen-bond acceptors (Lipinski definition) is 3. The zero-order chi connectivity index (χ0) is 13.1. The highest BCUT2D eigenvalue weighted by Gasteiger charge is 2.30. The van der Waals surface area contributed by atoms with Gasteiger partial charge in [0.05, 0.1) is 6.04 Å². The van der Waals surface area contributed by atoms with Crippen molar-refractivity contribution in [1.29, 1.82) is 0 Å². The first-order valence-corrected chi connectivity index (χ1v) is 6.20. The number of carbonyl (C=O) groups is 1. The Kier molecular flexibility index (Phi) is 3.97. The fourth-order valence-electron chi connectivity index (χ4n) is 1.89. The molecule has 3 nitrogen and oxygen atoms in total. The standard InChI is InChI=1S/C14H18FNO2/c1-9(17)14(16)6-10-2-4-12(5-3-10)18-13-7-11(15)8-13/h2-5,11,13-14H,6-8,16H2,1H3/t11?,13?,14-/m0/s1/i15-1. The van der Waals surface area contributed by atoms with Crippen molar-refractivity contribution in [1.82, 2.24) is 0 Å². The summed E-state index contributed by atoms with van der Waals surface area (Å²) < 4.78 is 18.2. The van der Waals surface area contributed by atoms with Crippen molar-refractivity contribution in [3.05, 3.63) is 29.8 Å². The fraction of sp³-hybridized carbons (Fsp3) is 0.500. The van der Waals surface area contributed by atoms with E-state index in [0.717, 1.165) is 11.3 Å². The Morgan fingerprint density at radius 2 is 2.06 bits per heavy atom. The first-order chi connectivity index (χ1) is 8.54. The molecule has 0 amide bonds. The van der Waals surface area contributed by atoms with Crippen LogP contribution in [0.15, 0.2) is 24.3 Å². The molecular formula is C14H18FNO2. The van der Waals surface area contributed by atoms with E-state index >= 15 is 0 Å². The highest BCUT2D eigenvalue weighted by Crippen LogP contribution is 2.28. The van der Waals surface area contributed by atoms with Gasteiger partial charge in [0.15, 0.2) is 0 Å². The molecule has 0 aromatic heterocycles. The van der Waals surface area contributed by atoms with Crippen molar-refractivity contribution >= 4 is 5.78 Å². The van der Waals surface area contributed by atoms with Crippen molar-refractivity contribution < 1.29 is 13.9 Å². The van der Waals surface area contributed by atoms with Crippen LogP contribution in [0.5, 0.6) is 5.75 Å². The van der Waals surface area contributed by atoms with Crippen LogP contribution < -0.4 is 10.5 Å². The SMILES string of the molecule is CC(=O)[C@@H](N)Cc1ccc(OC2CC([18F])C2)cc1. The van der Waals surface area contributed by atoms with Crippen LogP contribution in [-0.4, -0.2) is 24.1 Å². The third-order valence-electron chi connectivity index (χ3n) is 3.24. The first kappa shape index (κ1) is 13.0. The first-order valence-electron chi connectivity index (χ1n) is 6.20. The Labute approximate surface area is 106 Å². The summed E-state index contributed by atoms with van der Waals surface area (Å²) in [7, 11) is 0. The van der Waals surface area contributed by atoms with Crippen molar-refractivity contribution in [2.75, 3.05) is 0 Å². The molecule has 0 aliphatic heterocycles. The molecule has 18 heavy (non-hydrogen) atoms. The van der Waals surface area contributed by atoms with Crippen LogP contribution in [0.25, 0.3) is 0 Å². The summed E-state index contributed by atoms with van der Waals surface area (Å²) in [5.74, 6) is 0.728. The number of rotatable bonds is 5. The van der Waals surface area contributed by atoms with E-state index in [9.17, 15) is 9.18 Å². The number of halogens is 1. The molecule has 0 heterocycles. The molecule has 1 saturated carbocycles. The number of ketones is 1. The quantitative estimate of drug-likeness (QED) is 0.870. The van der Waals surface area contributed by atoms with Gasteiger partial charge < -0.3 is 10.5 Å². The number of alkyl halides is 1. The van der Waals surface area contributed by atoms with E-state index in [2.05, 4.69) is 0 Å². The van der Waals surface area contributed by atoms with E-state index in [4.69, 9.17) is 10.5 Å². The van der Waals surface area contributed by atoms with Crippen LogP contribution in [0.2, 0.25) is 0 Å². The van der Waals surface area contributed by atoms with Crippen LogP contribution in [0.4, 0.5) is 4.39 Å². The third kappa shape index (κ3) is 3.29. The molecule has 1 atom stereocenters. The third-order valence-corrected chi connectivity index (χ3v) is 3.24. The van der Waals surface area contributed by atoms with Gasteiger partial charge in [-0.1, -0.05) is 12.1 Å². The smallest absolute Gasteiger partial charge is 0.146 e. The molecular weight excluding hydrogens is 232 g/mol. The van der Waals surface area contributed by atoms with E-state index < -0.39 is 12.2 Å². The molecule has 0 unspecified atom stereocenters. The summed E-state index contributed by atoms with van der Waals surface area (Å²) in [4.78, 5) is 11.1. The molecule has 0 bridgehead atoms. The lowest BCUT2D eigenvalue weighted by molar-refractivity contribution is -0.118. The van der Waals surface area contributed by atoms with Crippen molar-refractivity contribution in [3.8, 4) is 5.75 Å². The van der Waals surface area contributed by atoms with Crippen LogP contribution in [-0.2, 0) is 11.2 Å². The Morgan fingerprint density at radius 1 is 1.44 bits per heavy atom. The monoisotopic (exact) mass is 250 g/mol. The van der Waals surface area contributed by atoms with Gasteiger partial charge in [-0.3, -0.25) is 4.79 Å². The molecule has 1 aliphatic carbocycles. The van der Waals surface area contributed by atoms with Crippen LogP contribution in [0, 0.1) is 0 Å². The number of hydrogen-bond donors (Lipinski definition) is 1. The number of Topliss-reactive ketones (excluding diaryl/α,β-unsaturated/α-hetero) is 1. The van der Waals surface area contributed by atoms with Gasteiger partial charge in [0, 0.05) is 12.8 Å². The largest absolute Gasteiger partial charge is 0.490 e. The van der Waals surface area contributed by atoms with Gasteiger partial charge in [0.1, 0.15) is 23.8 Å². The maximum absolute atomic E-state index is 12.6. The molecule has 4 heteroatoms. The lowest BCUT2D eigenvalue weighted by atomic mass is 9.93. The van der Waals surface area contributed by atoms with Crippen LogP contribution in [0.1, 0.15) is 25.3 Å². The van der Waals surface area contributed by atoms with Gasteiger partial charge in [-0.05, 0) is 31.0 Å². The van der Waals surface area contributed by atoms with Gasteiger partial charge >= 0.3 is 0 Å². The van der Waals surface area contributed by atoms with Crippen LogP contribution >= 0.6 is 0 Å². The molecule has 0 radical (unpaired) electrons. The van der Waals surface area contributed by atoms with Crippen molar-refractivity contribution in [2.24, 2.45) is 5.73 Å². The van der Waals surface area contributed by atoms with Crippen molar-refractivity contribution in [2.45, 2.75) is 44.5 Å². The van der Waals surface area contributed by atoms with E-state index in [1.54, 1.807) is 0 Å². The Balaban J connectivity index is 1.87. The molecule has 1 aromatic rings. The molecule has 0 spiro atoms. The predicted molar refractivity (Wildman–Crippen MR) is 67.3 cm³/mol. The summed E-state index contributed by atoms with van der Waals surface area (Å²) in [6.45, 7) is 1.49. The van der Waals surface area contributed by atoms with E-state index in [1.165, 1.54) is 6.92 Å². The minimum Gasteiger partial charge on any atom is -0.490 e. The molecule has 2 rings (SSSR count). The Hall–Kier alpha value is -1.42. The molecule has 0 saturated heterocycles. The summed E-state index contributed by atoms with van der Waals surface area (Å²) in [6, 6.07) is 7.02. The molecule has 2 N–H and O–H groups in total. The van der Waals surface area contributed by atoms with Crippen LogP contribution in [0.3, 0.4) is 0 Å². The van der Waals surface area contributed by atoms with Gasteiger partial charge in [-0.2, -0.15) is 0 Å². The lowest BCUT2D eigenvalue weighted by Gasteiger charge is -2.30. The van der Waals surface area contributed by atoms with E-state index in [0.29, 0.717) is 19.3 Å². The Morgan fingerprint density at radius 3 is 2.56 bits per heavy atom. The zero-order valence-corrected chi connectivity index (χ0v) is 10.4. The number of ether oxygens (including phenoxy) is 1. The van der Waals surface area contributed by atoms with E-state index in [1.807, 2.05) is 24.3 Å². The second-order valence-corrected chi connectivity index (χ2v) is 4.87. The summed E-state index contributed by atoms with van der Waals surface area (Å²) >= 11 is 0. The van der Waals surface area contributed by atoms with Gasteiger partial charge in [-0.25, -0.2) is 4.39 Å². The molecule has 98 valence electrons. The van der Waals surface area contributed by atoms with Gasteiger partial charge in [-0.15, -0.1) is 0 Å². The maximum atomic E-state index is 12.6. The zero-order valence-electron chi connectivity index (χ0n) is 10.4. The minimum atomic E-state index is -0.706. The number of carbonyl (C=O) groups excluding carboxylic acids is 1. The minimum absolute atomic E-state index is 0.00493. The van der Waals surface area contributed by atoms with Crippen molar-refractivity contribution in [3.63, 3.8) is 0 Å². The molecule has 1 aliphatic rings. The van der Waals surface area contributed by atoms with Gasteiger partial charge in [0.25, 0.3) is 0 Å². The lowest BCUT2D eigenvalue weighted by Crippen LogP contribution is -2.34. The summed E-state index contributed by atoms with van der Waals surface area (Å²) in [5.41, 5.74) is 6.69. The number of benzene rings is 1. The van der Waals surface area contributed by atoms with E-state index in [-0.39, 0.29) is 11.9 Å². The topological polar surface area (TPSA) is 52.3 Å². The van der Waals surface area contributed by atoms with Gasteiger partial charge in [0.2, 0.25) is 0 Å². The summed E-state index contributed by atoms with van der Waals surface area (Å²) in [5, 5.41) is 0. The molecule has 1 aromatic carbocycles. The normalized spacial score (nSPS) is 24.2.